The number of nitrogens with one attached hydrogen (secondary N) is 1. The molecule has 0 unspecified atom stereocenters. The minimum absolute atomic E-state index is 0.201. The maximum atomic E-state index is 12.5. The van der Waals surface area contributed by atoms with E-state index in [9.17, 15) is 4.79 Å². The second-order valence-electron chi connectivity index (χ2n) is 7.32. The van der Waals surface area contributed by atoms with Gasteiger partial charge in [-0.15, -0.1) is 0 Å². The van der Waals surface area contributed by atoms with E-state index in [1.165, 1.54) is 11.8 Å². The van der Waals surface area contributed by atoms with Gasteiger partial charge in [0.1, 0.15) is 12.4 Å². The second kappa shape index (κ2) is 11.8. The largest absolute Gasteiger partial charge is 0.494 e. The molecule has 0 saturated carbocycles. The molecule has 0 atom stereocenters. The molecule has 1 aliphatic heterocycles. The molecule has 1 amide bonds. The molecule has 4 rings (SSSR count). The Morgan fingerprint density at radius 2 is 1.89 bits per heavy atom. The first-order valence-corrected chi connectivity index (χ1v) is 13.0. The predicted molar refractivity (Wildman–Crippen MR) is 150 cm³/mol. The van der Waals surface area contributed by atoms with E-state index in [1.807, 2.05) is 73.7 Å². The van der Waals surface area contributed by atoms with Crippen LogP contribution in [0.1, 0.15) is 18.1 Å². The lowest BCUT2D eigenvalue weighted by atomic mass is 10.2. The smallest absolute Gasteiger partial charge is 0.264 e. The van der Waals surface area contributed by atoms with Gasteiger partial charge in [-0.05, 0) is 95.4 Å². The number of thioether (sulfide) groups is 1. The highest BCUT2D eigenvalue weighted by Crippen LogP contribution is 2.37. The third-order valence-corrected chi connectivity index (χ3v) is 6.99. The quantitative estimate of drug-likeness (QED) is 0.221. The number of aliphatic imine (C=N–C) groups is 1. The summed E-state index contributed by atoms with van der Waals surface area (Å²) in [6.45, 7) is 2.85. The fourth-order valence-corrected chi connectivity index (χ4v) is 5.07. The van der Waals surface area contributed by atoms with Crippen LogP contribution in [0.15, 0.2) is 70.6 Å². The van der Waals surface area contributed by atoms with Crippen LogP contribution in [0.5, 0.6) is 17.2 Å². The fourth-order valence-electron chi connectivity index (χ4n) is 3.26. The molecular weight excluding hydrogens is 599 g/mol. The third-order valence-electron chi connectivity index (χ3n) is 4.91. The molecule has 0 aromatic heterocycles. The van der Waals surface area contributed by atoms with Crippen molar-refractivity contribution in [1.29, 1.82) is 0 Å². The Morgan fingerprint density at radius 1 is 1.11 bits per heavy atom. The molecule has 9 heteroatoms. The third kappa shape index (κ3) is 6.50. The Bertz CT molecular complexity index is 1300. The summed E-state index contributed by atoms with van der Waals surface area (Å²) in [6, 6.07) is 18.7. The van der Waals surface area contributed by atoms with Crippen LogP contribution in [0.3, 0.4) is 0 Å². The van der Waals surface area contributed by atoms with Crippen LogP contribution in [-0.2, 0) is 11.4 Å². The van der Waals surface area contributed by atoms with Crippen molar-refractivity contribution in [2.75, 3.05) is 13.7 Å². The number of amidine groups is 1. The van der Waals surface area contributed by atoms with Gasteiger partial charge in [0.2, 0.25) is 0 Å². The molecule has 6 nitrogen and oxygen atoms in total. The highest BCUT2D eigenvalue weighted by atomic mass is 127. The number of ether oxygens (including phenoxy) is 3. The van der Waals surface area contributed by atoms with Gasteiger partial charge in [0, 0.05) is 10.6 Å². The summed E-state index contributed by atoms with van der Waals surface area (Å²) in [5.74, 6) is 1.77. The zero-order valence-corrected chi connectivity index (χ0v) is 22.7. The molecule has 3 aromatic carbocycles. The predicted octanol–water partition coefficient (Wildman–Crippen LogP) is 6.82. The highest BCUT2D eigenvalue weighted by Gasteiger charge is 2.24. The Kier molecular flexibility index (Phi) is 8.59. The molecule has 1 N–H and O–H groups in total. The van der Waals surface area contributed by atoms with E-state index in [0.29, 0.717) is 39.8 Å². The molecule has 1 heterocycles. The molecule has 1 fully saturated rings. The first-order valence-electron chi connectivity index (χ1n) is 10.7. The van der Waals surface area contributed by atoms with Crippen LogP contribution in [0.2, 0.25) is 5.02 Å². The van der Waals surface area contributed by atoms with Crippen molar-refractivity contribution in [3.05, 3.63) is 85.3 Å². The summed E-state index contributed by atoms with van der Waals surface area (Å²) in [7, 11) is 1.59. The lowest BCUT2D eigenvalue weighted by Crippen LogP contribution is -2.19. The molecule has 0 spiro atoms. The van der Waals surface area contributed by atoms with Crippen molar-refractivity contribution in [1.82, 2.24) is 5.32 Å². The van der Waals surface area contributed by atoms with Gasteiger partial charge < -0.3 is 19.5 Å². The lowest BCUT2D eigenvalue weighted by Gasteiger charge is -2.14. The minimum Gasteiger partial charge on any atom is -0.494 e. The second-order valence-corrected chi connectivity index (χ2v) is 9.92. The van der Waals surface area contributed by atoms with Crippen molar-refractivity contribution < 1.29 is 19.0 Å². The number of rotatable bonds is 8. The van der Waals surface area contributed by atoms with Gasteiger partial charge in [-0.2, -0.15) is 0 Å². The Labute approximate surface area is 226 Å². The minimum atomic E-state index is -0.201. The summed E-state index contributed by atoms with van der Waals surface area (Å²) in [5, 5.41) is 3.98. The van der Waals surface area contributed by atoms with Gasteiger partial charge in [0.05, 0.1) is 27.9 Å². The number of hydrogen-bond donors (Lipinski definition) is 1. The molecule has 0 bridgehead atoms. The van der Waals surface area contributed by atoms with E-state index >= 15 is 0 Å². The average Bonchev–Trinajstić information content (AvgIpc) is 3.18. The van der Waals surface area contributed by atoms with Crippen LogP contribution in [0.4, 0.5) is 5.69 Å². The topological polar surface area (TPSA) is 69.2 Å². The van der Waals surface area contributed by atoms with Crippen molar-refractivity contribution >= 4 is 68.8 Å². The number of amides is 1. The molecular formula is C26H22ClIN2O4S. The first kappa shape index (κ1) is 25.4. The number of nitrogens with zero attached hydrogens (tertiary/aromatic N) is 1. The molecule has 180 valence electrons. The number of carbonyl (C=O) groups excluding carboxylic acids is 1. The van der Waals surface area contributed by atoms with Crippen LogP contribution >= 0.6 is 46.0 Å². The van der Waals surface area contributed by atoms with Gasteiger partial charge >= 0.3 is 0 Å². The fraction of sp³-hybridized carbons (Fsp3) is 0.154. The van der Waals surface area contributed by atoms with E-state index < -0.39 is 0 Å². The standard InChI is InChI=1S/C26H22ClIN2O4S/c1-3-33-19-10-8-18(9-11-19)29-26-30-25(31)23(35-26)14-16-12-21(28)24(22(13-16)32-2)34-15-17-6-4-5-7-20(17)27/h4-14H,3,15H2,1-2H3,(H,29,30,31). The van der Waals surface area contributed by atoms with Crippen molar-refractivity contribution in [2.45, 2.75) is 13.5 Å². The molecule has 0 aliphatic carbocycles. The Balaban J connectivity index is 1.51. The van der Waals surface area contributed by atoms with Crippen molar-refractivity contribution in [3.63, 3.8) is 0 Å². The molecule has 35 heavy (non-hydrogen) atoms. The first-order chi connectivity index (χ1) is 17.0. The zero-order chi connectivity index (χ0) is 24.8. The monoisotopic (exact) mass is 620 g/mol. The van der Waals surface area contributed by atoms with Gasteiger partial charge in [0.15, 0.2) is 16.7 Å². The summed E-state index contributed by atoms with van der Waals surface area (Å²) < 4.78 is 17.9. The number of carbonyl (C=O) groups is 1. The van der Waals surface area contributed by atoms with E-state index in [1.54, 1.807) is 7.11 Å². The molecule has 1 aliphatic rings. The van der Waals surface area contributed by atoms with Gasteiger partial charge in [-0.25, -0.2) is 4.99 Å². The van der Waals surface area contributed by atoms with Gasteiger partial charge in [0.25, 0.3) is 5.91 Å². The van der Waals surface area contributed by atoms with E-state index in [4.69, 9.17) is 25.8 Å². The maximum absolute atomic E-state index is 12.5. The van der Waals surface area contributed by atoms with E-state index in [-0.39, 0.29) is 5.91 Å². The number of halogens is 2. The van der Waals surface area contributed by atoms with Gasteiger partial charge in [-0.1, -0.05) is 29.8 Å². The Morgan fingerprint density at radius 3 is 2.60 bits per heavy atom. The number of hydrogen-bond acceptors (Lipinski definition) is 6. The summed E-state index contributed by atoms with van der Waals surface area (Å²) >= 11 is 9.73. The zero-order valence-electron chi connectivity index (χ0n) is 19.0. The lowest BCUT2D eigenvalue weighted by molar-refractivity contribution is -0.115. The molecule has 1 saturated heterocycles. The van der Waals surface area contributed by atoms with Crippen molar-refractivity contribution in [2.24, 2.45) is 4.99 Å². The van der Waals surface area contributed by atoms with Crippen LogP contribution in [0, 0.1) is 3.57 Å². The molecule has 0 radical (unpaired) electrons. The number of benzene rings is 3. The SMILES string of the molecule is CCOc1ccc(N=C2NC(=O)C(=Cc3cc(I)c(OCc4ccccc4Cl)c(OC)c3)S2)cc1. The van der Waals surface area contributed by atoms with E-state index in [2.05, 4.69) is 32.9 Å². The van der Waals surface area contributed by atoms with Crippen LogP contribution < -0.4 is 19.5 Å². The maximum Gasteiger partial charge on any atom is 0.264 e. The van der Waals surface area contributed by atoms with Crippen LogP contribution in [0.25, 0.3) is 6.08 Å². The normalized spacial score (nSPS) is 15.4. The summed E-state index contributed by atoms with van der Waals surface area (Å²) in [6.07, 6.45) is 1.81. The van der Waals surface area contributed by atoms with Gasteiger partial charge in [-0.3, -0.25) is 4.79 Å². The summed E-state index contributed by atoms with van der Waals surface area (Å²) in [4.78, 5) is 17.6. The number of methoxy groups -OCH3 is 1. The van der Waals surface area contributed by atoms with Crippen LogP contribution in [-0.4, -0.2) is 24.8 Å². The summed E-state index contributed by atoms with van der Waals surface area (Å²) in [5.41, 5.74) is 2.43. The Hall–Kier alpha value is -2.69. The molecule has 3 aromatic rings. The highest BCUT2D eigenvalue weighted by molar-refractivity contribution is 14.1. The van der Waals surface area contributed by atoms with Crippen molar-refractivity contribution in [3.8, 4) is 17.2 Å². The average molecular weight is 621 g/mol. The van der Waals surface area contributed by atoms with E-state index in [0.717, 1.165) is 26.1 Å².